The predicted octanol–water partition coefficient (Wildman–Crippen LogP) is 3.49. The maximum atomic E-state index is 14.0. The zero-order chi connectivity index (χ0) is 31.5. The lowest BCUT2D eigenvalue weighted by atomic mass is 10.0. The van der Waals surface area contributed by atoms with E-state index in [1.54, 1.807) is 29.2 Å². The Morgan fingerprint density at radius 2 is 1.42 bits per heavy atom. The lowest BCUT2D eigenvalue weighted by Gasteiger charge is -2.32. The van der Waals surface area contributed by atoms with Gasteiger partial charge in [-0.2, -0.15) is 4.31 Å². The summed E-state index contributed by atoms with van der Waals surface area (Å²) in [6.07, 6.45) is 2.79. The molecule has 45 heavy (non-hydrogen) atoms. The Hall–Kier alpha value is -3.57. The van der Waals surface area contributed by atoms with Crippen LogP contribution in [0.1, 0.15) is 36.0 Å². The van der Waals surface area contributed by atoms with E-state index < -0.39 is 16.1 Å². The number of nitrogens with one attached hydrogen (secondary N) is 1. The number of nitrogens with zero attached hydrogens (tertiary/aromatic N) is 3. The van der Waals surface area contributed by atoms with Gasteiger partial charge in [0.05, 0.1) is 18.1 Å². The molecular weight excluding hydrogens is 588 g/mol. The molecule has 2 fully saturated rings. The van der Waals surface area contributed by atoms with Crippen LogP contribution in [0.25, 0.3) is 0 Å². The van der Waals surface area contributed by atoms with E-state index in [0.717, 1.165) is 49.2 Å². The van der Waals surface area contributed by atoms with Gasteiger partial charge in [-0.15, -0.1) is 0 Å². The number of benzene rings is 3. The van der Waals surface area contributed by atoms with Crippen LogP contribution in [0.15, 0.2) is 89.8 Å². The van der Waals surface area contributed by atoms with Crippen molar-refractivity contribution < 1.29 is 22.7 Å². The lowest BCUT2D eigenvalue weighted by Crippen LogP contribution is -2.52. The minimum atomic E-state index is -3.50. The largest absolute Gasteiger partial charge is 0.379 e. The van der Waals surface area contributed by atoms with Crippen LogP contribution in [0.3, 0.4) is 0 Å². The van der Waals surface area contributed by atoms with Gasteiger partial charge in [0, 0.05) is 58.7 Å². The molecule has 0 radical (unpaired) electrons. The van der Waals surface area contributed by atoms with Crippen molar-refractivity contribution in [1.82, 2.24) is 19.4 Å². The number of rotatable bonds is 14. The standard InChI is InChI=1S/C35H44N4O5S/c40-34(18-15-29-13-16-32(17-14-29)45(42,43)38-20-7-8-21-38)39(28-31-11-5-2-6-12-31)33(27-30-9-3-1-4-10-30)35(41)36-19-22-37-23-25-44-26-24-37/h1-6,9-14,16-17,33H,7-8,15,18-28H2,(H,36,41)/t33-/m1/s1. The van der Waals surface area contributed by atoms with Gasteiger partial charge in [0.25, 0.3) is 0 Å². The van der Waals surface area contributed by atoms with E-state index in [-0.39, 0.29) is 23.1 Å². The minimum Gasteiger partial charge on any atom is -0.379 e. The first-order valence-corrected chi connectivity index (χ1v) is 17.4. The number of sulfonamides is 1. The van der Waals surface area contributed by atoms with Gasteiger partial charge in [-0.1, -0.05) is 72.8 Å². The third kappa shape index (κ3) is 9.23. The van der Waals surface area contributed by atoms with Crippen LogP contribution in [0.5, 0.6) is 0 Å². The smallest absolute Gasteiger partial charge is 0.243 e. The molecule has 10 heteroatoms. The van der Waals surface area contributed by atoms with Crippen molar-refractivity contribution in [2.75, 3.05) is 52.5 Å². The van der Waals surface area contributed by atoms with E-state index in [1.165, 1.54) is 4.31 Å². The molecule has 2 aliphatic rings. The van der Waals surface area contributed by atoms with Crippen LogP contribution in [0, 0.1) is 0 Å². The third-order valence-electron chi connectivity index (χ3n) is 8.55. The van der Waals surface area contributed by atoms with Crippen LogP contribution in [-0.4, -0.2) is 92.9 Å². The average molecular weight is 633 g/mol. The maximum Gasteiger partial charge on any atom is 0.243 e. The highest BCUT2D eigenvalue weighted by molar-refractivity contribution is 7.89. The molecule has 0 spiro atoms. The fraction of sp³-hybridized carbons (Fsp3) is 0.429. The van der Waals surface area contributed by atoms with Gasteiger partial charge < -0.3 is 15.0 Å². The molecule has 240 valence electrons. The summed E-state index contributed by atoms with van der Waals surface area (Å²) in [7, 11) is -3.50. The fourth-order valence-electron chi connectivity index (χ4n) is 5.91. The van der Waals surface area contributed by atoms with Crippen LogP contribution < -0.4 is 5.32 Å². The highest BCUT2D eigenvalue weighted by atomic mass is 32.2. The van der Waals surface area contributed by atoms with Gasteiger partial charge in [-0.25, -0.2) is 8.42 Å². The van der Waals surface area contributed by atoms with Gasteiger partial charge in [0.1, 0.15) is 6.04 Å². The molecule has 2 aliphatic heterocycles. The molecule has 0 unspecified atom stereocenters. The van der Waals surface area contributed by atoms with E-state index in [1.807, 2.05) is 60.7 Å². The van der Waals surface area contributed by atoms with Crippen molar-refractivity contribution in [2.24, 2.45) is 0 Å². The molecule has 0 aromatic heterocycles. The second kappa shape index (κ2) is 16.1. The van der Waals surface area contributed by atoms with E-state index in [0.29, 0.717) is 52.2 Å². The number of amides is 2. The molecule has 2 amide bonds. The monoisotopic (exact) mass is 632 g/mol. The van der Waals surface area contributed by atoms with E-state index in [9.17, 15) is 18.0 Å². The summed E-state index contributed by atoms with van der Waals surface area (Å²) in [5.74, 6) is -0.301. The first kappa shape index (κ1) is 32.8. The molecule has 2 heterocycles. The molecule has 0 saturated carbocycles. The summed E-state index contributed by atoms with van der Waals surface area (Å²) in [6, 6.07) is 25.7. The lowest BCUT2D eigenvalue weighted by molar-refractivity contribution is -0.141. The number of hydrogen-bond acceptors (Lipinski definition) is 6. The second-order valence-corrected chi connectivity index (χ2v) is 13.7. The number of hydrogen-bond donors (Lipinski definition) is 1. The summed E-state index contributed by atoms with van der Waals surface area (Å²) in [5, 5.41) is 3.11. The summed E-state index contributed by atoms with van der Waals surface area (Å²) >= 11 is 0. The van der Waals surface area contributed by atoms with Crippen molar-refractivity contribution in [3.63, 3.8) is 0 Å². The van der Waals surface area contributed by atoms with Crippen LogP contribution in [0.2, 0.25) is 0 Å². The van der Waals surface area contributed by atoms with E-state index >= 15 is 0 Å². The summed E-state index contributed by atoms with van der Waals surface area (Å²) in [5.41, 5.74) is 2.80. The predicted molar refractivity (Wildman–Crippen MR) is 174 cm³/mol. The molecule has 3 aromatic carbocycles. The summed E-state index contributed by atoms with van der Waals surface area (Å²) < 4.78 is 32.9. The first-order chi connectivity index (χ1) is 21.9. The Morgan fingerprint density at radius 3 is 2.07 bits per heavy atom. The quantitative estimate of drug-likeness (QED) is 0.292. The molecule has 9 nitrogen and oxygen atoms in total. The Bertz CT molecular complexity index is 1470. The third-order valence-corrected chi connectivity index (χ3v) is 10.5. The Balaban J connectivity index is 1.31. The van der Waals surface area contributed by atoms with Crippen molar-refractivity contribution in [2.45, 2.75) is 49.6 Å². The molecule has 1 atom stereocenters. The molecule has 2 saturated heterocycles. The highest BCUT2D eigenvalue weighted by Gasteiger charge is 2.31. The van der Waals surface area contributed by atoms with Gasteiger partial charge in [-0.05, 0) is 48.1 Å². The second-order valence-electron chi connectivity index (χ2n) is 11.7. The molecule has 0 bridgehead atoms. The molecule has 5 rings (SSSR count). The van der Waals surface area contributed by atoms with Crippen molar-refractivity contribution in [3.05, 3.63) is 102 Å². The fourth-order valence-corrected chi connectivity index (χ4v) is 7.43. The minimum absolute atomic E-state index is 0.128. The summed E-state index contributed by atoms with van der Waals surface area (Å²) in [6.45, 7) is 5.71. The van der Waals surface area contributed by atoms with Gasteiger partial charge in [0.2, 0.25) is 21.8 Å². The first-order valence-electron chi connectivity index (χ1n) is 15.9. The Morgan fingerprint density at radius 1 is 0.800 bits per heavy atom. The number of ether oxygens (including phenoxy) is 1. The van der Waals surface area contributed by atoms with Crippen LogP contribution in [0.4, 0.5) is 0 Å². The Labute approximate surface area is 267 Å². The van der Waals surface area contributed by atoms with Gasteiger partial charge >= 0.3 is 0 Å². The van der Waals surface area contributed by atoms with Crippen molar-refractivity contribution in [3.8, 4) is 0 Å². The topological polar surface area (TPSA) is 99.3 Å². The Kier molecular flexibility index (Phi) is 11.8. The van der Waals surface area contributed by atoms with E-state index in [2.05, 4.69) is 10.2 Å². The molecule has 0 aliphatic carbocycles. The number of aryl methyl sites for hydroxylation is 1. The maximum absolute atomic E-state index is 14.0. The van der Waals surface area contributed by atoms with Crippen molar-refractivity contribution in [1.29, 1.82) is 0 Å². The SMILES string of the molecule is O=C(NCCN1CCOCC1)[C@@H](Cc1ccccc1)N(Cc1ccccc1)C(=O)CCc1ccc(S(=O)(=O)N2CCCC2)cc1. The van der Waals surface area contributed by atoms with Crippen molar-refractivity contribution >= 4 is 21.8 Å². The van der Waals surface area contributed by atoms with Crippen LogP contribution >= 0.6 is 0 Å². The average Bonchev–Trinajstić information content (AvgIpc) is 3.63. The zero-order valence-electron chi connectivity index (χ0n) is 25.9. The van der Waals surface area contributed by atoms with Gasteiger partial charge in [-0.3, -0.25) is 14.5 Å². The number of carbonyl (C=O) groups is 2. The highest BCUT2D eigenvalue weighted by Crippen LogP contribution is 2.22. The van der Waals surface area contributed by atoms with E-state index in [4.69, 9.17) is 4.74 Å². The normalized spacial score (nSPS) is 16.7. The molecule has 3 aromatic rings. The van der Waals surface area contributed by atoms with Gasteiger partial charge in [0.15, 0.2) is 0 Å². The zero-order valence-corrected chi connectivity index (χ0v) is 26.7. The number of carbonyl (C=O) groups excluding carboxylic acids is 2. The summed E-state index contributed by atoms with van der Waals surface area (Å²) in [4.78, 5) is 32.1. The molecule has 1 N–H and O–H groups in total. The van der Waals surface area contributed by atoms with Crippen LogP contribution in [-0.2, 0) is 43.7 Å². The molecular formula is C35H44N4O5S. The number of morpholine rings is 1.